The molecule has 0 saturated carbocycles. The SMILES string of the molecule is CCCCNC(=O)C1N([C@@H](CO)[C@@H](C)CC)C(=O)[C@@H]2[C@@H](C(=O)NC)[C@@H]3OC12CC3Br. The predicted octanol–water partition coefficient (Wildman–Crippen LogP) is 0.804. The molecule has 0 aromatic carbocycles. The molecule has 2 bridgehead atoms. The Balaban J connectivity index is 2.06. The fourth-order valence-corrected chi connectivity index (χ4v) is 6.43. The first-order valence-corrected chi connectivity index (χ1v) is 11.9. The first-order valence-electron chi connectivity index (χ1n) is 11.0. The van der Waals surface area contributed by atoms with E-state index in [0.29, 0.717) is 13.0 Å². The Kier molecular flexibility index (Phi) is 7.14. The van der Waals surface area contributed by atoms with Crippen molar-refractivity contribution in [1.29, 1.82) is 0 Å². The van der Waals surface area contributed by atoms with Crippen LogP contribution in [0.5, 0.6) is 0 Å². The van der Waals surface area contributed by atoms with Gasteiger partial charge in [-0.3, -0.25) is 14.4 Å². The van der Waals surface area contributed by atoms with Crippen LogP contribution in [0, 0.1) is 17.8 Å². The van der Waals surface area contributed by atoms with Crippen LogP contribution in [0.1, 0.15) is 46.5 Å². The number of likely N-dealkylation sites (tertiary alicyclic amines) is 1. The number of alkyl halides is 1. The molecule has 3 aliphatic heterocycles. The number of rotatable bonds is 9. The third-order valence-corrected chi connectivity index (χ3v) is 8.04. The van der Waals surface area contributed by atoms with Crippen molar-refractivity contribution in [1.82, 2.24) is 15.5 Å². The molecule has 3 aliphatic rings. The van der Waals surface area contributed by atoms with E-state index in [4.69, 9.17) is 4.74 Å². The number of hydrogen-bond donors (Lipinski definition) is 3. The standard InChI is InChI=1S/C21H34BrN3O5/c1-5-7-8-24-19(28)17-21-9-12(22)16(30-21)14(18(27)23-4)15(21)20(29)25(17)13(10-26)11(3)6-2/h11-17,26H,5-10H2,1-4H3,(H,23,27)(H,24,28)/t11-,12?,13-,14+,15-,16+,17?,21?/m0/s1. The minimum absolute atomic E-state index is 0.00413. The highest BCUT2D eigenvalue weighted by Gasteiger charge is 2.77. The van der Waals surface area contributed by atoms with Gasteiger partial charge in [0.1, 0.15) is 11.6 Å². The molecular formula is C21H34BrN3O5. The highest BCUT2D eigenvalue weighted by atomic mass is 79.9. The van der Waals surface area contributed by atoms with Crippen LogP contribution in [0.3, 0.4) is 0 Å². The molecule has 3 heterocycles. The number of ether oxygens (including phenoxy) is 1. The highest BCUT2D eigenvalue weighted by molar-refractivity contribution is 9.09. The molecule has 0 aromatic rings. The van der Waals surface area contributed by atoms with E-state index in [1.54, 1.807) is 7.05 Å². The Labute approximate surface area is 186 Å². The number of amides is 3. The quantitative estimate of drug-likeness (QED) is 0.329. The molecule has 8 atom stereocenters. The van der Waals surface area contributed by atoms with Crippen LogP contribution in [0.4, 0.5) is 0 Å². The Hall–Kier alpha value is -1.19. The molecule has 3 unspecified atom stereocenters. The van der Waals surface area contributed by atoms with Crippen molar-refractivity contribution < 1.29 is 24.2 Å². The number of halogens is 1. The Morgan fingerprint density at radius 2 is 2.07 bits per heavy atom. The van der Waals surface area contributed by atoms with Crippen LogP contribution in [0.15, 0.2) is 0 Å². The van der Waals surface area contributed by atoms with Crippen LogP contribution in [-0.4, -0.2) is 76.5 Å². The van der Waals surface area contributed by atoms with Gasteiger partial charge in [0.25, 0.3) is 0 Å². The lowest BCUT2D eigenvalue weighted by Gasteiger charge is -2.38. The number of nitrogens with zero attached hydrogens (tertiary/aromatic N) is 1. The summed E-state index contributed by atoms with van der Waals surface area (Å²) in [6, 6.07) is -1.37. The lowest BCUT2D eigenvalue weighted by atomic mass is 9.70. The zero-order valence-corrected chi connectivity index (χ0v) is 19.8. The molecular weight excluding hydrogens is 454 g/mol. The molecule has 0 aromatic heterocycles. The third kappa shape index (κ3) is 3.46. The fourth-order valence-electron chi connectivity index (χ4n) is 5.49. The fraction of sp³-hybridized carbons (Fsp3) is 0.857. The summed E-state index contributed by atoms with van der Waals surface area (Å²) in [7, 11) is 1.55. The van der Waals surface area contributed by atoms with E-state index in [0.717, 1.165) is 19.3 Å². The van der Waals surface area contributed by atoms with Gasteiger partial charge in [0, 0.05) is 18.4 Å². The molecule has 170 valence electrons. The first-order chi connectivity index (χ1) is 14.3. The average molecular weight is 488 g/mol. The number of unbranched alkanes of at least 4 members (excludes halogenated alkanes) is 1. The van der Waals surface area contributed by atoms with Crippen LogP contribution >= 0.6 is 15.9 Å². The molecule has 3 saturated heterocycles. The number of hydrogen-bond acceptors (Lipinski definition) is 5. The molecule has 1 spiro atoms. The monoisotopic (exact) mass is 487 g/mol. The maximum atomic E-state index is 13.7. The smallest absolute Gasteiger partial charge is 0.245 e. The topological polar surface area (TPSA) is 108 Å². The molecule has 3 fully saturated rings. The van der Waals surface area contributed by atoms with E-state index < -0.39 is 35.6 Å². The summed E-state index contributed by atoms with van der Waals surface area (Å²) in [6.45, 7) is 6.28. The van der Waals surface area contributed by atoms with Gasteiger partial charge in [0.05, 0.1) is 30.6 Å². The van der Waals surface area contributed by atoms with Gasteiger partial charge in [-0.1, -0.05) is 49.5 Å². The largest absolute Gasteiger partial charge is 0.394 e. The summed E-state index contributed by atoms with van der Waals surface area (Å²) < 4.78 is 6.37. The van der Waals surface area contributed by atoms with E-state index in [-0.39, 0.29) is 35.1 Å². The van der Waals surface area contributed by atoms with E-state index in [1.165, 1.54) is 4.90 Å². The lowest BCUT2D eigenvalue weighted by Crippen LogP contribution is -2.59. The number of carbonyl (C=O) groups excluding carboxylic acids is 3. The number of aliphatic hydroxyl groups is 1. The van der Waals surface area contributed by atoms with Gasteiger partial charge in [-0.05, 0) is 18.8 Å². The van der Waals surface area contributed by atoms with E-state index >= 15 is 0 Å². The van der Waals surface area contributed by atoms with Crippen molar-refractivity contribution in [2.24, 2.45) is 17.8 Å². The van der Waals surface area contributed by atoms with Gasteiger partial charge >= 0.3 is 0 Å². The van der Waals surface area contributed by atoms with Gasteiger partial charge in [-0.25, -0.2) is 0 Å². The first kappa shape index (κ1) is 23.5. The zero-order valence-electron chi connectivity index (χ0n) is 18.2. The van der Waals surface area contributed by atoms with E-state index in [2.05, 4.69) is 26.6 Å². The highest BCUT2D eigenvalue weighted by Crippen LogP contribution is 2.60. The molecule has 3 N–H and O–H groups in total. The van der Waals surface area contributed by atoms with Crippen molar-refractivity contribution in [2.75, 3.05) is 20.2 Å². The van der Waals surface area contributed by atoms with Crippen LogP contribution in [0.25, 0.3) is 0 Å². The van der Waals surface area contributed by atoms with Crippen LogP contribution < -0.4 is 10.6 Å². The summed E-state index contributed by atoms with van der Waals surface area (Å²) in [5.41, 5.74) is -1.07. The summed E-state index contributed by atoms with van der Waals surface area (Å²) in [6.07, 6.45) is 2.54. The second kappa shape index (κ2) is 9.12. The molecule has 9 heteroatoms. The number of nitrogens with one attached hydrogen (secondary N) is 2. The maximum Gasteiger partial charge on any atom is 0.245 e. The van der Waals surface area contributed by atoms with Crippen molar-refractivity contribution in [3.05, 3.63) is 0 Å². The molecule has 30 heavy (non-hydrogen) atoms. The molecule has 3 amide bonds. The third-order valence-electron chi connectivity index (χ3n) is 7.20. The summed E-state index contributed by atoms with van der Waals surface area (Å²) in [5.74, 6) is -2.17. The summed E-state index contributed by atoms with van der Waals surface area (Å²) in [4.78, 5) is 41.3. The van der Waals surface area contributed by atoms with Gasteiger partial charge in [-0.2, -0.15) is 0 Å². The second-order valence-corrected chi connectivity index (χ2v) is 9.98. The summed E-state index contributed by atoms with van der Waals surface area (Å²) in [5, 5.41) is 15.8. The lowest BCUT2D eigenvalue weighted by molar-refractivity contribution is -0.147. The van der Waals surface area contributed by atoms with Crippen LogP contribution in [-0.2, 0) is 19.1 Å². The Morgan fingerprint density at radius 1 is 1.37 bits per heavy atom. The van der Waals surface area contributed by atoms with Gasteiger partial charge in [0.15, 0.2) is 0 Å². The molecule has 0 radical (unpaired) electrons. The van der Waals surface area contributed by atoms with E-state index in [9.17, 15) is 19.5 Å². The minimum Gasteiger partial charge on any atom is -0.394 e. The number of carbonyl (C=O) groups is 3. The number of aliphatic hydroxyl groups excluding tert-OH is 1. The normalized spacial score (nSPS) is 36.5. The van der Waals surface area contributed by atoms with Gasteiger partial charge in [-0.15, -0.1) is 0 Å². The van der Waals surface area contributed by atoms with Crippen molar-refractivity contribution in [3.8, 4) is 0 Å². The second-order valence-electron chi connectivity index (χ2n) is 8.80. The maximum absolute atomic E-state index is 13.7. The Morgan fingerprint density at radius 3 is 2.63 bits per heavy atom. The number of fused-ring (bicyclic) bond motifs is 1. The van der Waals surface area contributed by atoms with Crippen LogP contribution in [0.2, 0.25) is 0 Å². The summed E-state index contributed by atoms with van der Waals surface area (Å²) >= 11 is 3.63. The van der Waals surface area contributed by atoms with Gasteiger partial charge in [0.2, 0.25) is 17.7 Å². The van der Waals surface area contributed by atoms with E-state index in [1.807, 2.05) is 20.8 Å². The zero-order chi connectivity index (χ0) is 22.2. The van der Waals surface area contributed by atoms with Crippen molar-refractivity contribution in [3.63, 3.8) is 0 Å². The minimum atomic E-state index is -1.07. The molecule has 3 rings (SSSR count). The molecule has 0 aliphatic carbocycles. The van der Waals surface area contributed by atoms with Crippen molar-refractivity contribution >= 4 is 33.7 Å². The predicted molar refractivity (Wildman–Crippen MR) is 115 cm³/mol. The Bertz CT molecular complexity index is 692. The average Bonchev–Trinajstić information content (AvgIpc) is 3.32. The van der Waals surface area contributed by atoms with Gasteiger partial charge < -0.3 is 25.4 Å². The molecule has 8 nitrogen and oxygen atoms in total. The van der Waals surface area contributed by atoms with Crippen molar-refractivity contribution in [2.45, 2.75) is 75.1 Å².